The van der Waals surface area contributed by atoms with Gasteiger partial charge in [0.2, 0.25) is 0 Å². The van der Waals surface area contributed by atoms with E-state index in [1.165, 1.54) is 43.3 Å². The van der Waals surface area contributed by atoms with Gasteiger partial charge in [-0.15, -0.1) is 0 Å². The van der Waals surface area contributed by atoms with Gasteiger partial charge >= 0.3 is 5.97 Å². The SMILES string of the molecule is Cc1ccc(S(=O)(=O)N(c2ccc(N)cc2)[C@@H](C)C(=O)O)cc1. The first-order chi connectivity index (χ1) is 10.7. The molecule has 0 heterocycles. The third kappa shape index (κ3) is 3.45. The zero-order chi connectivity index (χ0) is 17.2. The second-order valence-corrected chi connectivity index (χ2v) is 7.03. The van der Waals surface area contributed by atoms with Crippen molar-refractivity contribution in [2.24, 2.45) is 0 Å². The number of nitrogens with two attached hydrogens (primary N) is 1. The second kappa shape index (κ2) is 6.29. The molecule has 0 aromatic heterocycles. The van der Waals surface area contributed by atoms with Gasteiger partial charge in [0.15, 0.2) is 0 Å². The molecule has 0 unspecified atom stereocenters. The lowest BCUT2D eigenvalue weighted by Crippen LogP contribution is -2.43. The van der Waals surface area contributed by atoms with E-state index in [0.29, 0.717) is 5.69 Å². The minimum atomic E-state index is -4.02. The predicted octanol–water partition coefficient (Wildman–Crippen LogP) is 2.25. The van der Waals surface area contributed by atoms with Gasteiger partial charge in [-0.3, -0.25) is 4.31 Å². The first kappa shape index (κ1) is 16.8. The predicted molar refractivity (Wildman–Crippen MR) is 88.8 cm³/mol. The highest BCUT2D eigenvalue weighted by atomic mass is 32.2. The number of rotatable bonds is 5. The smallest absolute Gasteiger partial charge is 0.327 e. The largest absolute Gasteiger partial charge is 0.480 e. The van der Waals surface area contributed by atoms with E-state index in [2.05, 4.69) is 0 Å². The van der Waals surface area contributed by atoms with Crippen molar-refractivity contribution >= 4 is 27.4 Å². The highest BCUT2D eigenvalue weighted by Gasteiger charge is 2.33. The average molecular weight is 334 g/mol. The van der Waals surface area contributed by atoms with Crippen molar-refractivity contribution in [1.29, 1.82) is 0 Å². The molecular formula is C16H18N2O4S. The number of hydrogen-bond acceptors (Lipinski definition) is 4. The number of carboxylic acids is 1. The van der Waals surface area contributed by atoms with Gasteiger partial charge in [-0.05, 0) is 50.2 Å². The van der Waals surface area contributed by atoms with Crippen LogP contribution < -0.4 is 10.0 Å². The minimum absolute atomic E-state index is 0.0352. The molecule has 0 saturated heterocycles. The lowest BCUT2D eigenvalue weighted by atomic mass is 10.2. The van der Waals surface area contributed by atoms with Crippen molar-refractivity contribution in [3.63, 3.8) is 0 Å². The Morgan fingerprint density at radius 1 is 1.09 bits per heavy atom. The summed E-state index contributed by atoms with van der Waals surface area (Å²) >= 11 is 0. The number of nitrogens with zero attached hydrogens (tertiary/aromatic N) is 1. The summed E-state index contributed by atoms with van der Waals surface area (Å²) in [5, 5.41) is 9.29. The van der Waals surface area contributed by atoms with Crippen LogP contribution in [0.3, 0.4) is 0 Å². The fraction of sp³-hybridized carbons (Fsp3) is 0.188. The Bertz CT molecular complexity index is 799. The first-order valence-electron chi connectivity index (χ1n) is 6.93. The van der Waals surface area contributed by atoms with Crippen LogP contribution in [0.2, 0.25) is 0 Å². The van der Waals surface area contributed by atoms with Crippen LogP contribution in [0.1, 0.15) is 12.5 Å². The van der Waals surface area contributed by atoms with Gasteiger partial charge in [0.25, 0.3) is 10.0 Å². The van der Waals surface area contributed by atoms with Crippen LogP contribution in [0.5, 0.6) is 0 Å². The Kier molecular flexibility index (Phi) is 4.60. The van der Waals surface area contributed by atoms with E-state index < -0.39 is 22.0 Å². The van der Waals surface area contributed by atoms with Crippen LogP contribution in [0, 0.1) is 6.92 Å². The maximum absolute atomic E-state index is 12.9. The molecule has 6 nitrogen and oxygen atoms in total. The molecule has 2 rings (SSSR count). The highest BCUT2D eigenvalue weighted by molar-refractivity contribution is 7.92. The summed E-state index contributed by atoms with van der Waals surface area (Å²) in [5.41, 5.74) is 7.23. The third-order valence-corrected chi connectivity index (χ3v) is 5.35. The van der Waals surface area contributed by atoms with Crippen molar-refractivity contribution in [2.75, 3.05) is 10.0 Å². The fourth-order valence-electron chi connectivity index (χ4n) is 2.12. The Morgan fingerprint density at radius 3 is 2.09 bits per heavy atom. The second-order valence-electron chi connectivity index (χ2n) is 5.22. The lowest BCUT2D eigenvalue weighted by molar-refractivity contribution is -0.137. The van der Waals surface area contributed by atoms with Gasteiger partial charge in [0.1, 0.15) is 6.04 Å². The number of hydrogen-bond donors (Lipinski definition) is 2. The average Bonchev–Trinajstić information content (AvgIpc) is 2.49. The Balaban J connectivity index is 2.58. The van der Waals surface area contributed by atoms with E-state index in [1.54, 1.807) is 12.1 Å². The maximum atomic E-state index is 12.9. The minimum Gasteiger partial charge on any atom is -0.480 e. The van der Waals surface area contributed by atoms with Crippen molar-refractivity contribution in [1.82, 2.24) is 0 Å². The standard InChI is InChI=1S/C16H18N2O4S/c1-11-3-9-15(10-4-11)23(21,22)18(12(2)16(19)20)14-7-5-13(17)6-8-14/h3-10,12H,17H2,1-2H3,(H,19,20)/t12-/m0/s1. The van der Waals surface area contributed by atoms with E-state index >= 15 is 0 Å². The van der Waals surface area contributed by atoms with Crippen molar-refractivity contribution in [3.05, 3.63) is 54.1 Å². The number of nitrogen functional groups attached to an aromatic ring is 1. The molecule has 23 heavy (non-hydrogen) atoms. The van der Waals surface area contributed by atoms with Crippen molar-refractivity contribution < 1.29 is 18.3 Å². The number of sulfonamides is 1. The van der Waals surface area contributed by atoms with Gasteiger partial charge in [-0.2, -0.15) is 0 Å². The van der Waals surface area contributed by atoms with E-state index in [1.807, 2.05) is 6.92 Å². The number of aliphatic carboxylic acids is 1. The molecule has 0 aliphatic heterocycles. The summed E-state index contributed by atoms with van der Waals surface area (Å²) in [7, 11) is -4.02. The molecule has 0 bridgehead atoms. The topological polar surface area (TPSA) is 101 Å². The molecule has 1 atom stereocenters. The number of anilines is 2. The lowest BCUT2D eigenvalue weighted by Gasteiger charge is -2.28. The summed E-state index contributed by atoms with van der Waals surface area (Å²) in [6, 6.07) is 11.0. The van der Waals surface area contributed by atoms with Crippen LogP contribution >= 0.6 is 0 Å². The fourth-order valence-corrected chi connectivity index (χ4v) is 3.73. The molecule has 0 aliphatic rings. The summed E-state index contributed by atoms with van der Waals surface area (Å²) in [4.78, 5) is 11.4. The zero-order valence-corrected chi connectivity index (χ0v) is 13.6. The number of benzene rings is 2. The highest BCUT2D eigenvalue weighted by Crippen LogP contribution is 2.27. The van der Waals surface area contributed by atoms with Crippen LogP contribution in [0.15, 0.2) is 53.4 Å². The molecule has 2 aromatic carbocycles. The Morgan fingerprint density at radius 2 is 1.61 bits per heavy atom. The number of aryl methyl sites for hydroxylation is 1. The van der Waals surface area contributed by atoms with Gasteiger partial charge in [0, 0.05) is 5.69 Å². The molecule has 0 spiro atoms. The van der Waals surface area contributed by atoms with E-state index in [9.17, 15) is 18.3 Å². The van der Waals surface area contributed by atoms with Crippen LogP contribution in [0.25, 0.3) is 0 Å². The number of carbonyl (C=O) groups is 1. The monoisotopic (exact) mass is 334 g/mol. The van der Waals surface area contributed by atoms with E-state index in [-0.39, 0.29) is 10.6 Å². The summed E-state index contributed by atoms with van der Waals surface area (Å²) in [6.45, 7) is 3.17. The van der Waals surface area contributed by atoms with Gasteiger partial charge in [0.05, 0.1) is 10.6 Å². The van der Waals surface area contributed by atoms with Crippen molar-refractivity contribution in [2.45, 2.75) is 24.8 Å². The molecule has 2 aromatic rings. The molecule has 3 N–H and O–H groups in total. The molecule has 0 radical (unpaired) electrons. The normalized spacial score (nSPS) is 12.6. The first-order valence-corrected chi connectivity index (χ1v) is 8.37. The molecule has 0 aliphatic carbocycles. The number of carboxylic acid groups (broad SMARTS) is 1. The summed E-state index contributed by atoms with van der Waals surface area (Å²) in [5.74, 6) is -1.24. The van der Waals surface area contributed by atoms with Crippen LogP contribution in [0.4, 0.5) is 11.4 Å². The molecule has 0 amide bonds. The van der Waals surface area contributed by atoms with Crippen LogP contribution in [-0.2, 0) is 14.8 Å². The van der Waals surface area contributed by atoms with Gasteiger partial charge in [-0.25, -0.2) is 13.2 Å². The molecule has 7 heteroatoms. The van der Waals surface area contributed by atoms with E-state index in [4.69, 9.17) is 5.73 Å². The van der Waals surface area contributed by atoms with Crippen LogP contribution in [-0.4, -0.2) is 25.5 Å². The molecule has 0 saturated carbocycles. The zero-order valence-electron chi connectivity index (χ0n) is 12.8. The Labute approximate surface area is 135 Å². The maximum Gasteiger partial charge on any atom is 0.327 e. The Hall–Kier alpha value is -2.54. The third-order valence-electron chi connectivity index (χ3n) is 3.43. The molecule has 122 valence electrons. The van der Waals surface area contributed by atoms with Crippen molar-refractivity contribution in [3.8, 4) is 0 Å². The molecule has 0 fully saturated rings. The van der Waals surface area contributed by atoms with E-state index in [0.717, 1.165) is 9.87 Å². The van der Waals surface area contributed by atoms with Gasteiger partial charge < -0.3 is 10.8 Å². The van der Waals surface area contributed by atoms with Gasteiger partial charge in [-0.1, -0.05) is 17.7 Å². The summed E-state index contributed by atoms with van der Waals surface area (Å²) < 4.78 is 26.7. The summed E-state index contributed by atoms with van der Waals surface area (Å²) in [6.07, 6.45) is 0. The molecular weight excluding hydrogens is 316 g/mol. The quantitative estimate of drug-likeness (QED) is 0.817.